The van der Waals surface area contributed by atoms with Crippen molar-refractivity contribution in [3.8, 4) is 11.5 Å². The summed E-state index contributed by atoms with van der Waals surface area (Å²) in [6, 6.07) is 6.27. The molecule has 0 heterocycles. The van der Waals surface area contributed by atoms with Crippen molar-refractivity contribution in [2.24, 2.45) is 0 Å². The number of rotatable bonds is 8. The second-order valence-corrected chi connectivity index (χ2v) is 8.44. The molecule has 0 aromatic heterocycles. The lowest BCUT2D eigenvalue weighted by molar-refractivity contribution is 0.102. The van der Waals surface area contributed by atoms with Crippen LogP contribution in [0.2, 0.25) is 0 Å². The zero-order chi connectivity index (χ0) is 19.8. The highest BCUT2D eigenvalue weighted by molar-refractivity contribution is 5.99. The maximum Gasteiger partial charge on any atom is 0.131 e. The van der Waals surface area contributed by atoms with Crippen LogP contribution >= 0.6 is 0 Å². The molecule has 4 rings (SSSR count). The number of aryl methyl sites for hydroxylation is 1. The summed E-state index contributed by atoms with van der Waals surface area (Å²) in [6.45, 7) is 6.69. The van der Waals surface area contributed by atoms with Gasteiger partial charge in [-0.05, 0) is 56.4 Å². The maximum atomic E-state index is 10.1. The first-order chi connectivity index (χ1) is 13.5. The number of fused-ring (bicyclic) bond motifs is 6. The van der Waals surface area contributed by atoms with E-state index in [0.717, 1.165) is 34.3 Å². The smallest absolute Gasteiger partial charge is 0.131 e. The van der Waals surface area contributed by atoms with Crippen LogP contribution in [0, 0.1) is 6.92 Å². The second-order valence-electron chi connectivity index (χ2n) is 8.44. The molecule has 2 aliphatic rings. The molecule has 0 aliphatic heterocycles. The molecule has 0 spiro atoms. The molecule has 2 aromatic rings. The van der Waals surface area contributed by atoms with Crippen LogP contribution in [0.4, 0.5) is 0 Å². The fourth-order valence-corrected chi connectivity index (χ4v) is 4.90. The SMILES string of the molecule is CCC(O)COc1c2c(c(OCC(O)CC)c3c(C)cccc13)C1CCC2C1. The van der Waals surface area contributed by atoms with Crippen LogP contribution in [-0.4, -0.2) is 35.6 Å². The van der Waals surface area contributed by atoms with Crippen LogP contribution in [0.5, 0.6) is 11.5 Å². The molecule has 2 N–H and O–H groups in total. The third kappa shape index (κ3) is 3.27. The number of aliphatic hydroxyl groups excluding tert-OH is 2. The minimum Gasteiger partial charge on any atom is -0.490 e. The van der Waals surface area contributed by atoms with Crippen molar-refractivity contribution in [3.05, 3.63) is 34.9 Å². The zero-order valence-electron chi connectivity index (χ0n) is 17.2. The molecule has 2 aliphatic carbocycles. The fraction of sp³-hybridized carbons (Fsp3) is 0.583. The van der Waals surface area contributed by atoms with Crippen molar-refractivity contribution in [1.29, 1.82) is 0 Å². The first kappa shape index (κ1) is 19.5. The van der Waals surface area contributed by atoms with Crippen molar-refractivity contribution in [3.63, 3.8) is 0 Å². The molecule has 2 aromatic carbocycles. The Kier molecular flexibility index (Phi) is 5.52. The Morgan fingerprint density at radius 2 is 1.50 bits per heavy atom. The van der Waals surface area contributed by atoms with Gasteiger partial charge in [-0.1, -0.05) is 32.0 Å². The minimum absolute atomic E-state index is 0.318. The summed E-state index contributed by atoms with van der Waals surface area (Å²) in [7, 11) is 0. The predicted octanol–water partition coefficient (Wildman–Crippen LogP) is 4.81. The third-order valence-electron chi connectivity index (χ3n) is 6.56. The number of benzene rings is 2. The first-order valence-corrected chi connectivity index (χ1v) is 10.8. The predicted molar refractivity (Wildman–Crippen MR) is 112 cm³/mol. The van der Waals surface area contributed by atoms with Gasteiger partial charge >= 0.3 is 0 Å². The van der Waals surface area contributed by atoms with Crippen LogP contribution in [0.3, 0.4) is 0 Å². The summed E-state index contributed by atoms with van der Waals surface area (Å²) >= 11 is 0. The van der Waals surface area contributed by atoms with Gasteiger partial charge in [-0.2, -0.15) is 0 Å². The topological polar surface area (TPSA) is 58.9 Å². The van der Waals surface area contributed by atoms with E-state index >= 15 is 0 Å². The Morgan fingerprint density at radius 3 is 2.11 bits per heavy atom. The Morgan fingerprint density at radius 1 is 0.929 bits per heavy atom. The quantitative estimate of drug-likeness (QED) is 0.685. The van der Waals surface area contributed by atoms with Crippen molar-refractivity contribution in [1.82, 2.24) is 0 Å². The van der Waals surface area contributed by atoms with Gasteiger partial charge in [-0.3, -0.25) is 0 Å². The van der Waals surface area contributed by atoms with Crippen LogP contribution < -0.4 is 9.47 Å². The van der Waals surface area contributed by atoms with Gasteiger partial charge < -0.3 is 19.7 Å². The lowest BCUT2D eigenvalue weighted by atomic mass is 9.86. The number of hydrogen-bond donors (Lipinski definition) is 2. The zero-order valence-corrected chi connectivity index (χ0v) is 17.2. The number of ether oxygens (including phenoxy) is 2. The van der Waals surface area contributed by atoms with Crippen molar-refractivity contribution < 1.29 is 19.7 Å². The second kappa shape index (κ2) is 7.92. The van der Waals surface area contributed by atoms with Crippen LogP contribution in [0.1, 0.15) is 74.5 Å². The van der Waals surface area contributed by atoms with E-state index < -0.39 is 12.2 Å². The molecule has 152 valence electrons. The van der Waals surface area contributed by atoms with Crippen LogP contribution in [0.15, 0.2) is 18.2 Å². The Labute approximate surface area is 167 Å². The largest absolute Gasteiger partial charge is 0.490 e. The molecule has 4 unspecified atom stereocenters. The number of aliphatic hydroxyl groups is 2. The molecule has 1 fully saturated rings. The first-order valence-electron chi connectivity index (χ1n) is 10.8. The van der Waals surface area contributed by atoms with Gasteiger partial charge in [-0.25, -0.2) is 0 Å². The summed E-state index contributed by atoms with van der Waals surface area (Å²) < 4.78 is 12.6. The maximum absolute atomic E-state index is 10.1. The van der Waals surface area contributed by atoms with Gasteiger partial charge in [0.15, 0.2) is 0 Å². The summed E-state index contributed by atoms with van der Waals surface area (Å²) in [6.07, 6.45) is 4.00. The average Bonchev–Trinajstić information content (AvgIpc) is 3.32. The minimum atomic E-state index is -0.455. The van der Waals surface area contributed by atoms with Gasteiger partial charge in [0.2, 0.25) is 0 Å². The molecule has 0 amide bonds. The Hall–Kier alpha value is -1.78. The molecule has 0 saturated heterocycles. The van der Waals surface area contributed by atoms with E-state index in [1.54, 1.807) is 0 Å². The molecule has 4 nitrogen and oxygen atoms in total. The van der Waals surface area contributed by atoms with Crippen molar-refractivity contribution in [2.75, 3.05) is 13.2 Å². The molecule has 0 radical (unpaired) electrons. The lowest BCUT2D eigenvalue weighted by Crippen LogP contribution is -2.19. The summed E-state index contributed by atoms with van der Waals surface area (Å²) in [5, 5.41) is 22.3. The van der Waals surface area contributed by atoms with E-state index in [1.165, 1.54) is 24.0 Å². The summed E-state index contributed by atoms with van der Waals surface area (Å²) in [4.78, 5) is 0. The molecule has 1 saturated carbocycles. The number of hydrogen-bond acceptors (Lipinski definition) is 4. The highest BCUT2D eigenvalue weighted by Crippen LogP contribution is 2.61. The normalized spacial score (nSPS) is 22.3. The molecular formula is C24H32O4. The molecular weight excluding hydrogens is 352 g/mol. The van der Waals surface area contributed by atoms with Gasteiger partial charge in [-0.15, -0.1) is 0 Å². The Bertz CT molecular complexity index is 860. The van der Waals surface area contributed by atoms with E-state index in [9.17, 15) is 10.2 Å². The molecule has 28 heavy (non-hydrogen) atoms. The Balaban J connectivity index is 1.88. The van der Waals surface area contributed by atoms with Gasteiger partial charge in [0, 0.05) is 21.9 Å². The molecule has 2 bridgehead atoms. The van der Waals surface area contributed by atoms with Crippen molar-refractivity contribution in [2.45, 2.75) is 76.9 Å². The highest BCUT2D eigenvalue weighted by Gasteiger charge is 2.43. The third-order valence-corrected chi connectivity index (χ3v) is 6.56. The van der Waals surface area contributed by atoms with E-state index in [0.29, 0.717) is 37.9 Å². The van der Waals surface area contributed by atoms with Gasteiger partial charge in [0.1, 0.15) is 24.7 Å². The molecule has 4 atom stereocenters. The summed E-state index contributed by atoms with van der Waals surface area (Å²) in [5.74, 6) is 2.91. The highest BCUT2D eigenvalue weighted by atomic mass is 16.5. The molecule has 4 heteroatoms. The van der Waals surface area contributed by atoms with Crippen LogP contribution in [-0.2, 0) is 0 Å². The van der Waals surface area contributed by atoms with Crippen LogP contribution in [0.25, 0.3) is 10.8 Å². The lowest BCUT2D eigenvalue weighted by Gasteiger charge is -2.27. The van der Waals surface area contributed by atoms with E-state index in [-0.39, 0.29) is 0 Å². The van der Waals surface area contributed by atoms with E-state index in [4.69, 9.17) is 9.47 Å². The fourth-order valence-electron chi connectivity index (χ4n) is 4.90. The van der Waals surface area contributed by atoms with Gasteiger partial charge in [0.05, 0.1) is 12.2 Å². The average molecular weight is 385 g/mol. The van der Waals surface area contributed by atoms with E-state index in [2.05, 4.69) is 25.1 Å². The summed E-state index contributed by atoms with van der Waals surface area (Å²) in [5.41, 5.74) is 3.74. The van der Waals surface area contributed by atoms with E-state index in [1.807, 2.05) is 13.8 Å². The van der Waals surface area contributed by atoms with Gasteiger partial charge in [0.25, 0.3) is 0 Å². The standard InChI is InChI=1S/C24H32O4/c1-4-17(25)12-27-23-19-8-6-7-14(3)20(19)24(28-13-18(26)5-2)22-16-10-9-15(11-16)21(22)23/h6-8,15-18,25-26H,4-5,9-13H2,1-3H3. The van der Waals surface area contributed by atoms with Crippen molar-refractivity contribution >= 4 is 10.8 Å². The monoisotopic (exact) mass is 384 g/mol.